The molecule has 2 aromatic carbocycles. The highest BCUT2D eigenvalue weighted by atomic mass is 79.9. The van der Waals surface area contributed by atoms with Crippen molar-refractivity contribution in [1.29, 1.82) is 5.26 Å². The Balaban J connectivity index is 2.49. The normalized spacial score (nSPS) is 11.8. The highest BCUT2D eigenvalue weighted by Gasteiger charge is 2.26. The third-order valence-corrected chi connectivity index (χ3v) is 4.50. The minimum atomic E-state index is -1.07. The van der Waals surface area contributed by atoms with Crippen molar-refractivity contribution < 1.29 is 9.18 Å². The molecule has 0 fully saturated rings. The van der Waals surface area contributed by atoms with Gasteiger partial charge in [-0.05, 0) is 46.1 Å². The maximum atomic E-state index is 13.1. The molecule has 0 bridgehead atoms. The Labute approximate surface area is 135 Å². The predicted molar refractivity (Wildman–Crippen MR) is 83.0 cm³/mol. The first kappa shape index (κ1) is 15.7. The standard InChI is InChI=1S/C16H10BrClFNO/c1-9-3-2-4-12(15(9)17)16(21)13(8-20)11-6-5-10(19)7-14(11)18/h2-7,13H,1H3. The van der Waals surface area contributed by atoms with E-state index in [2.05, 4.69) is 15.9 Å². The van der Waals surface area contributed by atoms with Gasteiger partial charge in [0.2, 0.25) is 0 Å². The summed E-state index contributed by atoms with van der Waals surface area (Å²) in [5, 5.41) is 9.39. The molecule has 0 aliphatic carbocycles. The van der Waals surface area contributed by atoms with E-state index in [1.54, 1.807) is 12.1 Å². The molecule has 0 radical (unpaired) electrons. The lowest BCUT2D eigenvalue weighted by atomic mass is 9.91. The van der Waals surface area contributed by atoms with Crippen LogP contribution in [0.1, 0.15) is 27.4 Å². The molecule has 0 aliphatic rings. The summed E-state index contributed by atoms with van der Waals surface area (Å²) in [4.78, 5) is 12.6. The molecule has 106 valence electrons. The minimum absolute atomic E-state index is 0.0682. The summed E-state index contributed by atoms with van der Waals surface area (Å²) in [7, 11) is 0. The molecule has 0 spiro atoms. The maximum Gasteiger partial charge on any atom is 0.185 e. The molecular weight excluding hydrogens is 357 g/mol. The van der Waals surface area contributed by atoms with Crippen LogP contribution in [0, 0.1) is 24.1 Å². The molecule has 1 atom stereocenters. The summed E-state index contributed by atoms with van der Waals surface area (Å²) < 4.78 is 13.7. The van der Waals surface area contributed by atoms with E-state index in [-0.39, 0.29) is 10.8 Å². The van der Waals surface area contributed by atoms with E-state index in [1.165, 1.54) is 12.1 Å². The van der Waals surface area contributed by atoms with Crippen LogP contribution in [-0.4, -0.2) is 5.78 Å². The van der Waals surface area contributed by atoms with E-state index in [0.29, 0.717) is 15.6 Å². The second-order valence-electron chi connectivity index (χ2n) is 4.53. The Kier molecular flexibility index (Phi) is 4.76. The topological polar surface area (TPSA) is 40.9 Å². The van der Waals surface area contributed by atoms with Crippen LogP contribution < -0.4 is 0 Å². The molecular formula is C16H10BrClFNO. The summed E-state index contributed by atoms with van der Waals surface area (Å²) in [5.41, 5.74) is 1.60. The Hall–Kier alpha value is -1.70. The molecule has 0 aliphatic heterocycles. The number of rotatable bonds is 3. The molecule has 0 N–H and O–H groups in total. The zero-order valence-corrected chi connectivity index (χ0v) is 13.4. The van der Waals surface area contributed by atoms with E-state index >= 15 is 0 Å². The zero-order chi connectivity index (χ0) is 15.6. The van der Waals surface area contributed by atoms with Crippen molar-refractivity contribution in [3.63, 3.8) is 0 Å². The number of Topliss-reactive ketones (excluding diaryl/α,β-unsaturated/α-hetero) is 1. The van der Waals surface area contributed by atoms with Crippen molar-refractivity contribution in [3.8, 4) is 6.07 Å². The van der Waals surface area contributed by atoms with Gasteiger partial charge < -0.3 is 0 Å². The monoisotopic (exact) mass is 365 g/mol. The van der Waals surface area contributed by atoms with Crippen molar-refractivity contribution in [3.05, 3.63) is 68.4 Å². The number of halogens is 3. The molecule has 1 unspecified atom stereocenters. The van der Waals surface area contributed by atoms with Crippen LogP contribution in [0.2, 0.25) is 5.02 Å². The van der Waals surface area contributed by atoms with Gasteiger partial charge in [0, 0.05) is 15.1 Å². The quantitative estimate of drug-likeness (QED) is 0.714. The molecule has 2 nitrogen and oxygen atoms in total. The van der Waals surface area contributed by atoms with Gasteiger partial charge in [0.1, 0.15) is 11.7 Å². The lowest BCUT2D eigenvalue weighted by molar-refractivity contribution is 0.0978. The van der Waals surface area contributed by atoms with Crippen LogP contribution >= 0.6 is 27.5 Å². The third-order valence-electron chi connectivity index (χ3n) is 3.12. The van der Waals surface area contributed by atoms with E-state index in [1.807, 2.05) is 19.1 Å². The molecule has 0 heterocycles. The Bertz CT molecular complexity index is 754. The van der Waals surface area contributed by atoms with Crippen molar-refractivity contribution in [2.45, 2.75) is 12.8 Å². The van der Waals surface area contributed by atoms with Crippen LogP contribution in [0.4, 0.5) is 4.39 Å². The first-order chi connectivity index (χ1) is 9.95. The Morgan fingerprint density at radius 3 is 2.71 bits per heavy atom. The SMILES string of the molecule is Cc1cccc(C(=O)C(C#N)c2ccc(F)cc2Cl)c1Br. The molecule has 5 heteroatoms. The Morgan fingerprint density at radius 2 is 2.10 bits per heavy atom. The highest BCUT2D eigenvalue weighted by Crippen LogP contribution is 2.31. The van der Waals surface area contributed by atoms with E-state index in [0.717, 1.165) is 11.6 Å². The molecule has 21 heavy (non-hydrogen) atoms. The van der Waals surface area contributed by atoms with Gasteiger partial charge in [0.15, 0.2) is 5.78 Å². The number of ketones is 1. The second-order valence-corrected chi connectivity index (χ2v) is 5.73. The fourth-order valence-corrected chi connectivity index (χ4v) is 2.73. The van der Waals surface area contributed by atoms with E-state index in [4.69, 9.17) is 11.6 Å². The van der Waals surface area contributed by atoms with E-state index < -0.39 is 11.7 Å². The number of nitriles is 1. The number of hydrogen-bond donors (Lipinski definition) is 0. The van der Waals surface area contributed by atoms with Crippen molar-refractivity contribution >= 4 is 33.3 Å². The lowest BCUT2D eigenvalue weighted by Crippen LogP contribution is -2.13. The van der Waals surface area contributed by atoms with Gasteiger partial charge in [-0.3, -0.25) is 4.79 Å². The average molecular weight is 367 g/mol. The summed E-state index contributed by atoms with van der Waals surface area (Å²) in [5.74, 6) is -1.96. The van der Waals surface area contributed by atoms with Crippen LogP contribution in [0.25, 0.3) is 0 Å². The summed E-state index contributed by atoms with van der Waals surface area (Å²) in [6.07, 6.45) is 0. The fraction of sp³-hybridized carbons (Fsp3) is 0.125. The largest absolute Gasteiger partial charge is 0.292 e. The third kappa shape index (κ3) is 3.15. The van der Waals surface area contributed by atoms with Gasteiger partial charge in [-0.15, -0.1) is 0 Å². The fourth-order valence-electron chi connectivity index (χ4n) is 2.00. The van der Waals surface area contributed by atoms with E-state index in [9.17, 15) is 14.4 Å². The Morgan fingerprint density at radius 1 is 1.38 bits per heavy atom. The van der Waals surface area contributed by atoms with Gasteiger partial charge in [-0.1, -0.05) is 35.9 Å². The van der Waals surface area contributed by atoms with Gasteiger partial charge in [-0.2, -0.15) is 5.26 Å². The first-order valence-corrected chi connectivity index (χ1v) is 7.26. The van der Waals surface area contributed by atoms with Crippen LogP contribution in [0.3, 0.4) is 0 Å². The average Bonchev–Trinajstić information content (AvgIpc) is 2.44. The number of carbonyl (C=O) groups excluding carboxylic acids is 1. The number of hydrogen-bond acceptors (Lipinski definition) is 2. The van der Waals surface area contributed by atoms with Crippen molar-refractivity contribution in [2.75, 3.05) is 0 Å². The minimum Gasteiger partial charge on any atom is -0.292 e. The number of carbonyl (C=O) groups is 1. The molecule has 0 amide bonds. The molecule has 0 saturated carbocycles. The van der Waals surface area contributed by atoms with Crippen LogP contribution in [-0.2, 0) is 0 Å². The predicted octanol–water partition coefficient (Wildman–Crippen LogP) is 5.04. The van der Waals surface area contributed by atoms with Gasteiger partial charge in [-0.25, -0.2) is 4.39 Å². The zero-order valence-electron chi connectivity index (χ0n) is 11.0. The molecule has 2 rings (SSSR count). The first-order valence-electron chi connectivity index (χ1n) is 6.09. The van der Waals surface area contributed by atoms with Crippen LogP contribution in [0.15, 0.2) is 40.9 Å². The molecule has 2 aromatic rings. The summed E-state index contributed by atoms with van der Waals surface area (Å²) >= 11 is 9.31. The van der Waals surface area contributed by atoms with Crippen molar-refractivity contribution in [1.82, 2.24) is 0 Å². The van der Waals surface area contributed by atoms with Crippen molar-refractivity contribution in [2.24, 2.45) is 0 Å². The van der Waals surface area contributed by atoms with Gasteiger partial charge in [0.25, 0.3) is 0 Å². The van der Waals surface area contributed by atoms with Gasteiger partial charge >= 0.3 is 0 Å². The highest BCUT2D eigenvalue weighted by molar-refractivity contribution is 9.10. The lowest BCUT2D eigenvalue weighted by Gasteiger charge is -2.12. The molecule has 0 saturated heterocycles. The van der Waals surface area contributed by atoms with Gasteiger partial charge in [0.05, 0.1) is 6.07 Å². The number of aryl methyl sites for hydroxylation is 1. The maximum absolute atomic E-state index is 13.1. The smallest absolute Gasteiger partial charge is 0.185 e. The number of benzene rings is 2. The second kappa shape index (κ2) is 6.38. The summed E-state index contributed by atoms with van der Waals surface area (Å²) in [6.45, 7) is 1.85. The summed E-state index contributed by atoms with van der Waals surface area (Å²) in [6, 6.07) is 10.8. The number of nitrogens with zero attached hydrogens (tertiary/aromatic N) is 1. The molecule has 0 aromatic heterocycles. The van der Waals surface area contributed by atoms with Crippen LogP contribution in [0.5, 0.6) is 0 Å².